The molecular formula is C12H14FeS2-2. The van der Waals surface area contributed by atoms with Crippen LogP contribution in [-0.4, -0.2) is 12.5 Å². The Labute approximate surface area is 111 Å². The van der Waals surface area contributed by atoms with Crippen LogP contribution < -0.4 is 0 Å². The molecule has 0 radical (unpaired) electrons. The average Bonchev–Trinajstić information content (AvgIpc) is 2.92. The van der Waals surface area contributed by atoms with Gasteiger partial charge in [-0.25, -0.2) is 24.3 Å². The zero-order chi connectivity index (χ0) is 10.2. The van der Waals surface area contributed by atoms with Crippen LogP contribution in [0.5, 0.6) is 0 Å². The normalized spacial score (nSPS) is 8.67. The number of hydrogen-bond donors (Lipinski definition) is 0. The first-order valence-corrected chi connectivity index (χ1v) is 6.83. The van der Waals surface area contributed by atoms with Gasteiger partial charge >= 0.3 is 0 Å². The second-order valence-electron chi connectivity index (χ2n) is 2.65. The van der Waals surface area contributed by atoms with Crippen molar-refractivity contribution in [3.63, 3.8) is 0 Å². The topological polar surface area (TPSA) is 0 Å². The molecule has 0 bridgehead atoms. The second kappa shape index (κ2) is 9.17. The molecule has 2 aromatic carbocycles. The number of thioether (sulfide) groups is 2. The summed E-state index contributed by atoms with van der Waals surface area (Å²) in [5, 5.41) is 0. The maximum absolute atomic E-state index is 2.10. The predicted octanol–water partition coefficient (Wildman–Crippen LogP) is 4.25. The largest absolute Gasteiger partial charge is 0.213 e. The van der Waals surface area contributed by atoms with Gasteiger partial charge in [-0.15, -0.1) is 9.79 Å². The van der Waals surface area contributed by atoms with Crippen molar-refractivity contribution < 1.29 is 17.1 Å². The maximum Gasteiger partial charge on any atom is 0 e. The molecule has 0 amide bonds. The van der Waals surface area contributed by atoms with E-state index in [0.717, 1.165) is 0 Å². The van der Waals surface area contributed by atoms with Crippen LogP contribution >= 0.6 is 23.5 Å². The zero-order valence-electron chi connectivity index (χ0n) is 8.79. The Kier molecular flexibility index (Phi) is 9.12. The first-order chi connectivity index (χ1) is 6.86. The smallest absolute Gasteiger partial charge is 0 e. The van der Waals surface area contributed by atoms with E-state index in [1.165, 1.54) is 9.79 Å². The standard InChI is InChI=1S/2C6H7S.Fe/c2*1-7-6-4-2-3-5-6;/h2*2-5H,1H3;/q2*-1;. The van der Waals surface area contributed by atoms with Gasteiger partial charge in [0.05, 0.1) is 0 Å². The van der Waals surface area contributed by atoms with E-state index in [1.54, 1.807) is 23.5 Å². The second-order valence-corrected chi connectivity index (χ2v) is 4.41. The summed E-state index contributed by atoms with van der Waals surface area (Å²) < 4.78 is 0. The molecule has 0 N–H and O–H groups in total. The minimum atomic E-state index is 0. The fourth-order valence-corrected chi connectivity index (χ4v) is 1.84. The van der Waals surface area contributed by atoms with Crippen LogP contribution in [0.2, 0.25) is 0 Å². The van der Waals surface area contributed by atoms with Crippen molar-refractivity contribution in [1.82, 2.24) is 0 Å². The van der Waals surface area contributed by atoms with Crippen molar-refractivity contribution in [2.24, 2.45) is 0 Å². The minimum Gasteiger partial charge on any atom is -0.213 e. The van der Waals surface area contributed by atoms with Gasteiger partial charge in [0.25, 0.3) is 0 Å². The van der Waals surface area contributed by atoms with Crippen LogP contribution in [-0.2, 0) is 17.1 Å². The SMILES string of the molecule is CS[c-]1cccc1.CS[c-]1cccc1.[Fe]. The van der Waals surface area contributed by atoms with Gasteiger partial charge < -0.3 is 0 Å². The Balaban J connectivity index is 0.000000245. The van der Waals surface area contributed by atoms with Gasteiger partial charge in [0.1, 0.15) is 0 Å². The van der Waals surface area contributed by atoms with Gasteiger partial charge in [0.15, 0.2) is 0 Å². The minimum absolute atomic E-state index is 0. The summed E-state index contributed by atoms with van der Waals surface area (Å²) in [4.78, 5) is 2.69. The Morgan fingerprint density at radius 3 is 1.07 bits per heavy atom. The van der Waals surface area contributed by atoms with Crippen LogP contribution in [0.4, 0.5) is 0 Å². The van der Waals surface area contributed by atoms with Crippen molar-refractivity contribution in [3.05, 3.63) is 48.5 Å². The zero-order valence-corrected chi connectivity index (χ0v) is 11.5. The molecule has 15 heavy (non-hydrogen) atoms. The van der Waals surface area contributed by atoms with Crippen LogP contribution in [0, 0.1) is 0 Å². The Morgan fingerprint density at radius 2 is 0.933 bits per heavy atom. The van der Waals surface area contributed by atoms with E-state index in [9.17, 15) is 0 Å². The molecule has 2 aromatic rings. The fourth-order valence-electron chi connectivity index (χ4n) is 0.985. The molecule has 0 atom stereocenters. The van der Waals surface area contributed by atoms with Gasteiger partial charge in [-0.2, -0.15) is 47.8 Å². The molecule has 2 rings (SSSR count). The van der Waals surface area contributed by atoms with Crippen LogP contribution in [0.3, 0.4) is 0 Å². The van der Waals surface area contributed by atoms with E-state index in [4.69, 9.17) is 0 Å². The van der Waals surface area contributed by atoms with E-state index in [2.05, 4.69) is 36.8 Å². The first kappa shape index (κ1) is 14.9. The van der Waals surface area contributed by atoms with Gasteiger partial charge in [-0.3, -0.25) is 0 Å². The molecule has 0 fully saturated rings. The quantitative estimate of drug-likeness (QED) is 0.457. The summed E-state index contributed by atoms with van der Waals surface area (Å²) >= 11 is 3.55. The van der Waals surface area contributed by atoms with Crippen LogP contribution in [0.15, 0.2) is 58.3 Å². The third-order valence-corrected chi connectivity index (χ3v) is 3.22. The van der Waals surface area contributed by atoms with E-state index in [1.807, 2.05) is 24.3 Å². The van der Waals surface area contributed by atoms with Crippen molar-refractivity contribution >= 4 is 23.5 Å². The van der Waals surface area contributed by atoms with E-state index in [-0.39, 0.29) is 17.1 Å². The molecule has 0 unspecified atom stereocenters. The van der Waals surface area contributed by atoms with E-state index < -0.39 is 0 Å². The third kappa shape index (κ3) is 6.16. The van der Waals surface area contributed by atoms with Gasteiger partial charge in [0.2, 0.25) is 0 Å². The molecule has 0 heterocycles. The molecule has 0 saturated heterocycles. The van der Waals surface area contributed by atoms with Crippen molar-refractivity contribution in [2.45, 2.75) is 9.79 Å². The molecule has 0 aliphatic rings. The molecule has 0 aliphatic carbocycles. The molecular weight excluding hydrogens is 264 g/mol. The predicted molar refractivity (Wildman–Crippen MR) is 67.6 cm³/mol. The van der Waals surface area contributed by atoms with E-state index >= 15 is 0 Å². The van der Waals surface area contributed by atoms with Crippen molar-refractivity contribution in [2.75, 3.05) is 12.5 Å². The molecule has 84 valence electrons. The molecule has 0 aromatic heterocycles. The number of rotatable bonds is 2. The summed E-state index contributed by atoms with van der Waals surface area (Å²) in [6.45, 7) is 0. The summed E-state index contributed by atoms with van der Waals surface area (Å²) in [5.41, 5.74) is 0. The Morgan fingerprint density at radius 1 is 0.667 bits per heavy atom. The molecule has 3 heteroatoms. The van der Waals surface area contributed by atoms with Crippen LogP contribution in [0.25, 0.3) is 0 Å². The average molecular weight is 278 g/mol. The van der Waals surface area contributed by atoms with Crippen molar-refractivity contribution in [3.8, 4) is 0 Å². The summed E-state index contributed by atoms with van der Waals surface area (Å²) in [7, 11) is 0. The van der Waals surface area contributed by atoms with Gasteiger partial charge in [-0.05, 0) is 12.5 Å². The van der Waals surface area contributed by atoms with Gasteiger partial charge in [0, 0.05) is 17.1 Å². The van der Waals surface area contributed by atoms with Crippen LogP contribution in [0.1, 0.15) is 0 Å². The number of hydrogen-bond acceptors (Lipinski definition) is 2. The molecule has 0 aliphatic heterocycles. The Hall–Kier alpha value is -0.0805. The summed E-state index contributed by atoms with van der Waals surface area (Å²) in [6.07, 6.45) is 4.16. The molecule has 0 saturated carbocycles. The van der Waals surface area contributed by atoms with Gasteiger partial charge in [-0.1, -0.05) is 0 Å². The monoisotopic (exact) mass is 278 g/mol. The molecule has 0 nitrogen and oxygen atoms in total. The maximum atomic E-state index is 2.10. The fraction of sp³-hybridized carbons (Fsp3) is 0.167. The summed E-state index contributed by atoms with van der Waals surface area (Å²) in [5.74, 6) is 0. The van der Waals surface area contributed by atoms with Crippen molar-refractivity contribution in [1.29, 1.82) is 0 Å². The summed E-state index contributed by atoms with van der Waals surface area (Å²) in [6, 6.07) is 16.6. The first-order valence-electron chi connectivity index (χ1n) is 4.38. The van der Waals surface area contributed by atoms with E-state index in [0.29, 0.717) is 0 Å². The molecule has 0 spiro atoms. The third-order valence-electron chi connectivity index (χ3n) is 1.74. The Bertz CT molecular complexity index is 277.